The molecule has 0 bridgehead atoms. The monoisotopic (exact) mass is 226 g/mol. The molecule has 0 atom stereocenters. The van der Waals surface area contributed by atoms with Crippen molar-refractivity contribution < 1.29 is 4.79 Å². The summed E-state index contributed by atoms with van der Waals surface area (Å²) in [6.45, 7) is 4.59. The first-order chi connectivity index (χ1) is 8.01. The Morgan fingerprint density at radius 2 is 1.76 bits per heavy atom. The predicted octanol–water partition coefficient (Wildman–Crippen LogP) is 3.73. The quantitative estimate of drug-likeness (QED) is 0.658. The Morgan fingerprint density at radius 1 is 1.06 bits per heavy atom. The highest BCUT2D eigenvalue weighted by atomic mass is 16.1. The molecule has 1 spiro atoms. The van der Waals surface area contributed by atoms with Crippen LogP contribution in [0.1, 0.15) is 44.2 Å². The highest BCUT2D eigenvalue weighted by Gasteiger charge is 2.51. The van der Waals surface area contributed by atoms with Crippen LogP contribution in [-0.2, 0) is 10.2 Å². The third-order valence-corrected chi connectivity index (χ3v) is 4.13. The third kappa shape index (κ3) is 1.65. The zero-order valence-corrected chi connectivity index (χ0v) is 10.5. The van der Waals surface area contributed by atoms with Gasteiger partial charge in [0.2, 0.25) is 0 Å². The van der Waals surface area contributed by atoms with Crippen molar-refractivity contribution in [2.24, 2.45) is 5.41 Å². The van der Waals surface area contributed by atoms with E-state index >= 15 is 0 Å². The zero-order valence-electron chi connectivity index (χ0n) is 10.5. The average Bonchev–Trinajstić information content (AvgIpc) is 2.36. The summed E-state index contributed by atoms with van der Waals surface area (Å²) in [5.74, 6) is 0.275. The summed E-state index contributed by atoms with van der Waals surface area (Å²) in [7, 11) is 0. The number of ketones is 1. The van der Waals surface area contributed by atoms with E-state index in [9.17, 15) is 4.79 Å². The molecule has 0 amide bonds. The van der Waals surface area contributed by atoms with Crippen LogP contribution in [0.2, 0.25) is 0 Å². The molecule has 0 aromatic heterocycles. The summed E-state index contributed by atoms with van der Waals surface area (Å²) in [6.07, 6.45) is 6.68. The highest BCUT2D eigenvalue weighted by molar-refractivity contribution is 5.96. The molecule has 2 aliphatic rings. The maximum absolute atomic E-state index is 11.9. The van der Waals surface area contributed by atoms with E-state index in [1.807, 2.05) is 6.08 Å². The second-order valence-electron chi connectivity index (χ2n) is 6.36. The van der Waals surface area contributed by atoms with Gasteiger partial charge < -0.3 is 0 Å². The predicted molar refractivity (Wildman–Crippen MR) is 69.8 cm³/mol. The van der Waals surface area contributed by atoms with Crippen molar-refractivity contribution in [2.75, 3.05) is 0 Å². The van der Waals surface area contributed by atoms with Gasteiger partial charge in [-0.05, 0) is 35.5 Å². The number of hydrogen-bond acceptors (Lipinski definition) is 1. The smallest absolute Gasteiger partial charge is 0.156 e. The molecule has 88 valence electrons. The van der Waals surface area contributed by atoms with Crippen molar-refractivity contribution in [3.05, 3.63) is 41.5 Å². The molecule has 1 saturated carbocycles. The van der Waals surface area contributed by atoms with Crippen molar-refractivity contribution in [3.8, 4) is 0 Å². The van der Waals surface area contributed by atoms with E-state index in [4.69, 9.17) is 0 Å². The molecule has 0 N–H and O–H groups in total. The first-order valence-corrected chi connectivity index (χ1v) is 6.31. The summed E-state index contributed by atoms with van der Waals surface area (Å²) >= 11 is 0. The van der Waals surface area contributed by atoms with E-state index in [1.165, 1.54) is 11.1 Å². The number of benzene rings is 1. The Kier molecular flexibility index (Phi) is 2.10. The van der Waals surface area contributed by atoms with Crippen LogP contribution in [0.5, 0.6) is 0 Å². The number of rotatable bonds is 0. The van der Waals surface area contributed by atoms with E-state index in [1.54, 1.807) is 6.08 Å². The summed E-state index contributed by atoms with van der Waals surface area (Å²) < 4.78 is 0. The van der Waals surface area contributed by atoms with E-state index < -0.39 is 0 Å². The lowest BCUT2D eigenvalue weighted by molar-refractivity contribution is -0.117. The maximum Gasteiger partial charge on any atom is 0.156 e. The van der Waals surface area contributed by atoms with Crippen LogP contribution in [0.4, 0.5) is 0 Å². The fourth-order valence-corrected chi connectivity index (χ4v) is 3.89. The van der Waals surface area contributed by atoms with Crippen LogP contribution in [0.15, 0.2) is 30.3 Å². The minimum Gasteiger partial charge on any atom is -0.295 e. The number of carbonyl (C=O) groups is 1. The van der Waals surface area contributed by atoms with Gasteiger partial charge in [0.1, 0.15) is 0 Å². The van der Waals surface area contributed by atoms with Crippen molar-refractivity contribution in [2.45, 2.75) is 38.5 Å². The van der Waals surface area contributed by atoms with Crippen LogP contribution in [0, 0.1) is 5.41 Å². The summed E-state index contributed by atoms with van der Waals surface area (Å²) in [5.41, 5.74) is 3.11. The van der Waals surface area contributed by atoms with Gasteiger partial charge in [-0.3, -0.25) is 4.79 Å². The Morgan fingerprint density at radius 3 is 2.47 bits per heavy atom. The normalized spacial score (nSPS) is 24.0. The standard InChI is InChI=1S/C16H18O/c1-15(2)10-16(11-15)9-13(17)8-7-12-5-3-4-6-14(12)16/h3-8H,9-11H2,1-2H3. The highest BCUT2D eigenvalue weighted by Crippen LogP contribution is 2.58. The molecule has 3 rings (SSSR count). The van der Waals surface area contributed by atoms with Gasteiger partial charge in [0, 0.05) is 11.8 Å². The van der Waals surface area contributed by atoms with Crippen LogP contribution in [0.3, 0.4) is 0 Å². The van der Waals surface area contributed by atoms with Gasteiger partial charge in [-0.25, -0.2) is 0 Å². The van der Waals surface area contributed by atoms with Gasteiger partial charge in [-0.15, -0.1) is 0 Å². The van der Waals surface area contributed by atoms with Gasteiger partial charge in [0.25, 0.3) is 0 Å². The molecule has 0 radical (unpaired) electrons. The van der Waals surface area contributed by atoms with Crippen molar-refractivity contribution >= 4 is 11.9 Å². The minimum atomic E-state index is 0.112. The molecular weight excluding hydrogens is 208 g/mol. The van der Waals surface area contributed by atoms with Gasteiger partial charge in [0.15, 0.2) is 5.78 Å². The second kappa shape index (κ2) is 3.32. The average molecular weight is 226 g/mol. The maximum atomic E-state index is 11.9. The fraction of sp³-hybridized carbons (Fsp3) is 0.438. The summed E-state index contributed by atoms with van der Waals surface area (Å²) in [6, 6.07) is 8.47. The van der Waals surface area contributed by atoms with Crippen molar-refractivity contribution in [1.82, 2.24) is 0 Å². The topological polar surface area (TPSA) is 17.1 Å². The van der Waals surface area contributed by atoms with Gasteiger partial charge in [0.05, 0.1) is 0 Å². The summed E-state index contributed by atoms with van der Waals surface area (Å²) in [5, 5.41) is 0. The fourth-order valence-electron chi connectivity index (χ4n) is 3.89. The Balaban J connectivity index is 2.09. The van der Waals surface area contributed by atoms with Gasteiger partial charge in [-0.2, -0.15) is 0 Å². The first kappa shape index (κ1) is 10.8. The largest absolute Gasteiger partial charge is 0.295 e. The third-order valence-electron chi connectivity index (χ3n) is 4.13. The van der Waals surface area contributed by atoms with E-state index in [0.717, 1.165) is 12.8 Å². The number of allylic oxidation sites excluding steroid dienone is 1. The lowest BCUT2D eigenvalue weighted by Gasteiger charge is -2.53. The van der Waals surface area contributed by atoms with Crippen molar-refractivity contribution in [3.63, 3.8) is 0 Å². The van der Waals surface area contributed by atoms with Crippen LogP contribution >= 0.6 is 0 Å². The van der Waals surface area contributed by atoms with Crippen LogP contribution in [-0.4, -0.2) is 5.78 Å². The SMILES string of the molecule is CC1(C)CC2(CC(=O)C=Cc3ccccc32)C1. The molecule has 1 nitrogen and oxygen atoms in total. The molecule has 1 heteroatoms. The first-order valence-electron chi connectivity index (χ1n) is 6.31. The number of fused-ring (bicyclic) bond motifs is 2. The lowest BCUT2D eigenvalue weighted by atomic mass is 9.50. The number of hydrogen-bond donors (Lipinski definition) is 0. The molecule has 0 heterocycles. The Labute approximate surface area is 103 Å². The molecule has 1 aromatic carbocycles. The molecule has 17 heavy (non-hydrogen) atoms. The Hall–Kier alpha value is -1.37. The van der Waals surface area contributed by atoms with Crippen LogP contribution < -0.4 is 0 Å². The second-order valence-corrected chi connectivity index (χ2v) is 6.36. The van der Waals surface area contributed by atoms with E-state index in [2.05, 4.69) is 38.1 Å². The lowest BCUT2D eigenvalue weighted by Crippen LogP contribution is -2.47. The van der Waals surface area contributed by atoms with Gasteiger partial charge in [-0.1, -0.05) is 44.2 Å². The summed E-state index contributed by atoms with van der Waals surface area (Å²) in [4.78, 5) is 11.9. The molecule has 0 saturated heterocycles. The molecule has 2 aliphatic carbocycles. The van der Waals surface area contributed by atoms with E-state index in [-0.39, 0.29) is 11.2 Å². The molecule has 0 aliphatic heterocycles. The van der Waals surface area contributed by atoms with Crippen LogP contribution in [0.25, 0.3) is 6.08 Å². The molecule has 0 unspecified atom stereocenters. The van der Waals surface area contributed by atoms with E-state index in [0.29, 0.717) is 11.8 Å². The number of carbonyl (C=O) groups excluding carboxylic acids is 1. The molecular formula is C16H18O. The van der Waals surface area contributed by atoms with Gasteiger partial charge >= 0.3 is 0 Å². The Bertz CT molecular complexity index is 500. The molecule has 1 fully saturated rings. The van der Waals surface area contributed by atoms with Crippen molar-refractivity contribution in [1.29, 1.82) is 0 Å². The minimum absolute atomic E-state index is 0.112. The molecule has 1 aromatic rings. The zero-order chi connectivity index (χ0) is 12.1.